The summed E-state index contributed by atoms with van der Waals surface area (Å²) >= 11 is 1.81. The van der Waals surface area contributed by atoms with E-state index in [-0.39, 0.29) is 0 Å². The van der Waals surface area contributed by atoms with E-state index in [0.717, 1.165) is 29.7 Å². The number of aromatic nitrogens is 3. The van der Waals surface area contributed by atoms with E-state index >= 15 is 0 Å². The largest absolute Gasteiger partial charge is 0.330 e. The lowest BCUT2D eigenvalue weighted by Crippen LogP contribution is -2.12. The first-order valence-corrected chi connectivity index (χ1v) is 6.34. The molecule has 0 bridgehead atoms. The van der Waals surface area contributed by atoms with Gasteiger partial charge in [-0.25, -0.2) is 0 Å². The lowest BCUT2D eigenvalue weighted by molar-refractivity contribution is 0.536. The average molecular weight is 226 g/mol. The van der Waals surface area contributed by atoms with Gasteiger partial charge in [0, 0.05) is 12.8 Å². The van der Waals surface area contributed by atoms with E-state index in [4.69, 9.17) is 5.73 Å². The summed E-state index contributed by atoms with van der Waals surface area (Å²) in [5, 5.41) is 9.23. The van der Waals surface area contributed by atoms with Crippen molar-refractivity contribution < 1.29 is 0 Å². The lowest BCUT2D eigenvalue weighted by atomic mass is 10.1. The predicted molar refractivity (Wildman–Crippen MR) is 61.8 cm³/mol. The van der Waals surface area contributed by atoms with Crippen molar-refractivity contribution in [2.75, 3.05) is 12.3 Å². The second-order valence-electron chi connectivity index (χ2n) is 4.42. The third-order valence-electron chi connectivity index (χ3n) is 3.19. The van der Waals surface area contributed by atoms with Gasteiger partial charge in [0.2, 0.25) is 0 Å². The fourth-order valence-electron chi connectivity index (χ4n) is 1.68. The summed E-state index contributed by atoms with van der Waals surface area (Å²) in [6, 6.07) is 0. The minimum absolute atomic E-state index is 0.513. The second kappa shape index (κ2) is 4.14. The molecular weight excluding hydrogens is 208 g/mol. The monoisotopic (exact) mass is 226 g/mol. The van der Waals surface area contributed by atoms with Crippen LogP contribution in [0.3, 0.4) is 0 Å². The van der Waals surface area contributed by atoms with Crippen LogP contribution in [-0.2, 0) is 7.05 Å². The summed E-state index contributed by atoms with van der Waals surface area (Å²) < 4.78 is 2.04. The van der Waals surface area contributed by atoms with E-state index in [0.29, 0.717) is 5.41 Å². The molecule has 1 fully saturated rings. The van der Waals surface area contributed by atoms with E-state index in [9.17, 15) is 0 Å². The minimum Gasteiger partial charge on any atom is -0.330 e. The highest BCUT2D eigenvalue weighted by Crippen LogP contribution is 2.51. The molecule has 1 aromatic heterocycles. The molecule has 1 aliphatic carbocycles. The summed E-state index contributed by atoms with van der Waals surface area (Å²) in [6.07, 6.45) is 3.80. The molecule has 0 spiro atoms. The number of hydrogen-bond acceptors (Lipinski definition) is 4. The van der Waals surface area contributed by atoms with Crippen LogP contribution in [-0.4, -0.2) is 27.1 Å². The van der Waals surface area contributed by atoms with Gasteiger partial charge in [-0.15, -0.1) is 10.2 Å². The molecule has 1 saturated carbocycles. The third-order valence-corrected chi connectivity index (χ3v) is 4.56. The lowest BCUT2D eigenvalue weighted by Gasteiger charge is -2.12. The van der Waals surface area contributed by atoms with Gasteiger partial charge in [-0.2, -0.15) is 0 Å². The molecule has 2 N–H and O–H groups in total. The van der Waals surface area contributed by atoms with E-state index in [1.54, 1.807) is 0 Å². The smallest absolute Gasteiger partial charge is 0.190 e. The maximum Gasteiger partial charge on any atom is 0.190 e. The van der Waals surface area contributed by atoms with Crippen molar-refractivity contribution in [3.8, 4) is 0 Å². The standard InChI is InChI=1S/C10H18N4S/c1-8-12-13-9(14(8)2)15-7-10(3-4-10)5-6-11/h3-7,11H2,1-2H3. The van der Waals surface area contributed by atoms with Gasteiger partial charge in [0.25, 0.3) is 0 Å². The molecule has 0 saturated heterocycles. The Bertz CT molecular complexity index is 343. The van der Waals surface area contributed by atoms with Crippen LogP contribution in [0.1, 0.15) is 25.1 Å². The zero-order chi connectivity index (χ0) is 10.9. The van der Waals surface area contributed by atoms with Crippen molar-refractivity contribution in [3.05, 3.63) is 5.82 Å². The van der Waals surface area contributed by atoms with Crippen molar-refractivity contribution in [1.29, 1.82) is 0 Å². The molecule has 5 heteroatoms. The van der Waals surface area contributed by atoms with Crippen molar-refractivity contribution in [2.45, 2.75) is 31.3 Å². The normalized spacial score (nSPS) is 18.1. The predicted octanol–water partition coefficient (Wildman–Crippen LogP) is 1.34. The quantitative estimate of drug-likeness (QED) is 0.770. The Balaban J connectivity index is 1.91. The summed E-state index contributed by atoms with van der Waals surface area (Å²) in [5.41, 5.74) is 6.13. The van der Waals surface area contributed by atoms with Crippen LogP contribution in [0.15, 0.2) is 5.16 Å². The maximum atomic E-state index is 5.62. The van der Waals surface area contributed by atoms with Gasteiger partial charge in [0.1, 0.15) is 5.82 Å². The maximum absolute atomic E-state index is 5.62. The number of nitrogens with zero attached hydrogens (tertiary/aromatic N) is 3. The third kappa shape index (κ3) is 2.34. The summed E-state index contributed by atoms with van der Waals surface area (Å²) in [7, 11) is 2.01. The number of rotatable bonds is 5. The summed E-state index contributed by atoms with van der Waals surface area (Å²) in [4.78, 5) is 0. The Kier molecular flexibility index (Phi) is 3.02. The van der Waals surface area contributed by atoms with Crippen molar-refractivity contribution >= 4 is 11.8 Å². The van der Waals surface area contributed by atoms with Gasteiger partial charge in [0.05, 0.1) is 0 Å². The first-order chi connectivity index (χ1) is 7.17. The highest BCUT2D eigenvalue weighted by Gasteiger charge is 2.41. The highest BCUT2D eigenvalue weighted by atomic mass is 32.2. The van der Waals surface area contributed by atoms with Gasteiger partial charge in [-0.05, 0) is 38.1 Å². The molecular formula is C10H18N4S. The van der Waals surface area contributed by atoms with Crippen molar-refractivity contribution in [1.82, 2.24) is 14.8 Å². The van der Waals surface area contributed by atoms with Crippen molar-refractivity contribution in [3.63, 3.8) is 0 Å². The number of hydrogen-bond donors (Lipinski definition) is 1. The molecule has 1 heterocycles. The van der Waals surface area contributed by atoms with E-state index in [2.05, 4.69) is 10.2 Å². The zero-order valence-corrected chi connectivity index (χ0v) is 10.2. The number of thioether (sulfide) groups is 1. The van der Waals surface area contributed by atoms with Gasteiger partial charge in [-0.3, -0.25) is 0 Å². The van der Waals surface area contributed by atoms with Crippen LogP contribution in [0.2, 0.25) is 0 Å². The molecule has 0 atom stereocenters. The van der Waals surface area contributed by atoms with Crippen LogP contribution in [0.25, 0.3) is 0 Å². The molecule has 1 aromatic rings. The number of aryl methyl sites for hydroxylation is 1. The molecule has 0 aliphatic heterocycles. The van der Waals surface area contributed by atoms with E-state index in [1.165, 1.54) is 12.8 Å². The van der Waals surface area contributed by atoms with Crippen molar-refractivity contribution in [2.24, 2.45) is 18.2 Å². The minimum atomic E-state index is 0.513. The Morgan fingerprint density at radius 3 is 2.67 bits per heavy atom. The molecule has 0 unspecified atom stereocenters. The molecule has 4 nitrogen and oxygen atoms in total. The Morgan fingerprint density at radius 2 is 2.20 bits per heavy atom. The summed E-state index contributed by atoms with van der Waals surface area (Å²) in [6.45, 7) is 2.78. The average Bonchev–Trinajstić information content (AvgIpc) is 2.91. The fourth-order valence-corrected chi connectivity index (χ4v) is 2.97. The fraction of sp³-hybridized carbons (Fsp3) is 0.800. The topological polar surface area (TPSA) is 56.7 Å². The SMILES string of the molecule is Cc1nnc(SCC2(CCN)CC2)n1C. The molecule has 2 rings (SSSR count). The summed E-state index contributed by atoms with van der Waals surface area (Å²) in [5.74, 6) is 2.11. The van der Waals surface area contributed by atoms with Crippen LogP contribution in [0, 0.1) is 12.3 Å². The molecule has 15 heavy (non-hydrogen) atoms. The number of nitrogens with two attached hydrogens (primary N) is 1. The van der Waals surface area contributed by atoms with E-state index < -0.39 is 0 Å². The first-order valence-electron chi connectivity index (χ1n) is 5.36. The van der Waals surface area contributed by atoms with Gasteiger partial charge < -0.3 is 10.3 Å². The molecule has 0 aromatic carbocycles. The Labute approximate surface area is 94.6 Å². The van der Waals surface area contributed by atoms with Crippen LogP contribution < -0.4 is 5.73 Å². The Morgan fingerprint density at radius 1 is 1.47 bits per heavy atom. The van der Waals surface area contributed by atoms with Gasteiger partial charge >= 0.3 is 0 Å². The van der Waals surface area contributed by atoms with Gasteiger partial charge in [-0.1, -0.05) is 11.8 Å². The Hall–Kier alpha value is -0.550. The first kappa shape index (κ1) is 11.0. The van der Waals surface area contributed by atoms with Gasteiger partial charge in [0.15, 0.2) is 5.16 Å². The van der Waals surface area contributed by atoms with E-state index in [1.807, 2.05) is 30.3 Å². The second-order valence-corrected chi connectivity index (χ2v) is 5.36. The molecule has 1 aliphatic rings. The highest BCUT2D eigenvalue weighted by molar-refractivity contribution is 7.99. The molecule has 84 valence electrons. The molecule has 0 radical (unpaired) electrons. The van der Waals surface area contributed by atoms with Crippen LogP contribution >= 0.6 is 11.8 Å². The van der Waals surface area contributed by atoms with Crippen LogP contribution in [0.5, 0.6) is 0 Å². The zero-order valence-electron chi connectivity index (χ0n) is 9.36. The van der Waals surface area contributed by atoms with Crippen LogP contribution in [0.4, 0.5) is 0 Å². The molecule has 0 amide bonds.